The molecule has 2 N–H and O–H groups in total. The molecule has 2 heteroatoms. The lowest BCUT2D eigenvalue weighted by Crippen LogP contribution is -2.12. The van der Waals surface area contributed by atoms with Crippen LogP contribution in [-0.4, -0.2) is 5.75 Å². The van der Waals surface area contributed by atoms with Gasteiger partial charge in [0.1, 0.15) is 0 Å². The highest BCUT2D eigenvalue weighted by Gasteiger charge is 2.06. The van der Waals surface area contributed by atoms with Crippen LogP contribution in [0.3, 0.4) is 0 Å². The molecule has 0 aliphatic heterocycles. The fourth-order valence-corrected chi connectivity index (χ4v) is 3.29. The average molecular weight is 293 g/mol. The van der Waals surface area contributed by atoms with E-state index in [-0.39, 0.29) is 6.04 Å². The van der Waals surface area contributed by atoms with Crippen molar-refractivity contribution in [3.63, 3.8) is 0 Å². The zero-order chi connectivity index (χ0) is 14.7. The minimum atomic E-state index is 0.0714. The molecule has 0 aliphatic carbocycles. The predicted molar refractivity (Wildman–Crippen MR) is 92.8 cm³/mol. The second-order valence-electron chi connectivity index (χ2n) is 5.34. The van der Waals surface area contributed by atoms with Crippen LogP contribution in [0, 0.1) is 6.92 Å². The van der Waals surface area contributed by atoms with E-state index in [1.807, 2.05) is 11.8 Å². The molecule has 1 nitrogen and oxygen atoms in total. The Kier molecular flexibility index (Phi) is 4.28. The highest BCUT2D eigenvalue weighted by Crippen LogP contribution is 2.26. The van der Waals surface area contributed by atoms with Crippen LogP contribution in [0.4, 0.5) is 0 Å². The minimum Gasteiger partial charge on any atom is -0.323 e. The molecule has 21 heavy (non-hydrogen) atoms. The molecule has 0 aromatic heterocycles. The van der Waals surface area contributed by atoms with Gasteiger partial charge in [-0.1, -0.05) is 60.2 Å². The second-order valence-corrected chi connectivity index (χ2v) is 6.43. The maximum absolute atomic E-state index is 6.28. The number of fused-ring (bicyclic) bond motifs is 1. The average Bonchev–Trinajstić information content (AvgIpc) is 2.53. The van der Waals surface area contributed by atoms with Gasteiger partial charge in [-0.3, -0.25) is 0 Å². The zero-order valence-corrected chi connectivity index (χ0v) is 12.9. The van der Waals surface area contributed by atoms with Gasteiger partial charge in [-0.25, -0.2) is 0 Å². The number of rotatable bonds is 4. The summed E-state index contributed by atoms with van der Waals surface area (Å²) in [7, 11) is 0. The summed E-state index contributed by atoms with van der Waals surface area (Å²) in [5, 5.41) is 2.57. The largest absolute Gasteiger partial charge is 0.323 e. The number of hydrogen-bond acceptors (Lipinski definition) is 2. The van der Waals surface area contributed by atoms with Crippen molar-refractivity contribution in [1.29, 1.82) is 0 Å². The first-order chi connectivity index (χ1) is 10.2. The van der Waals surface area contributed by atoms with E-state index < -0.39 is 0 Å². The second kappa shape index (κ2) is 6.33. The fraction of sp³-hybridized carbons (Fsp3) is 0.158. The number of aryl methyl sites for hydroxylation is 1. The van der Waals surface area contributed by atoms with Crippen LogP contribution in [0.1, 0.15) is 17.2 Å². The summed E-state index contributed by atoms with van der Waals surface area (Å²) in [5.41, 5.74) is 8.76. The predicted octanol–water partition coefficient (Wildman–Crippen LogP) is 4.94. The maximum Gasteiger partial charge on any atom is 0.0390 e. The van der Waals surface area contributed by atoms with Crippen molar-refractivity contribution in [2.24, 2.45) is 5.73 Å². The third-order valence-corrected chi connectivity index (χ3v) is 4.77. The molecule has 0 amide bonds. The molecule has 0 spiro atoms. The molecule has 3 aromatic carbocycles. The minimum absolute atomic E-state index is 0.0714. The number of nitrogens with two attached hydrogens (primary N) is 1. The zero-order valence-electron chi connectivity index (χ0n) is 12.1. The number of benzene rings is 3. The summed E-state index contributed by atoms with van der Waals surface area (Å²) in [5.74, 6) is 0.890. The van der Waals surface area contributed by atoms with E-state index in [4.69, 9.17) is 5.73 Å². The van der Waals surface area contributed by atoms with Gasteiger partial charge in [-0.2, -0.15) is 0 Å². The first kappa shape index (κ1) is 14.2. The Labute approximate surface area is 130 Å². The molecule has 3 rings (SSSR count). The third-order valence-electron chi connectivity index (χ3n) is 3.66. The standard InChI is InChI=1S/C19H19NS/c1-14-6-8-16(9-7-14)19(20)13-21-18-11-10-15-4-2-3-5-17(15)12-18/h2-12,19H,13,20H2,1H3. The van der Waals surface area contributed by atoms with Gasteiger partial charge in [0, 0.05) is 16.7 Å². The van der Waals surface area contributed by atoms with Gasteiger partial charge in [-0.05, 0) is 35.4 Å². The lowest BCUT2D eigenvalue weighted by molar-refractivity contribution is 0.831. The van der Waals surface area contributed by atoms with Crippen molar-refractivity contribution in [3.8, 4) is 0 Å². The maximum atomic E-state index is 6.28. The Hall–Kier alpha value is -1.77. The van der Waals surface area contributed by atoms with Gasteiger partial charge in [-0.15, -0.1) is 11.8 Å². The highest BCUT2D eigenvalue weighted by molar-refractivity contribution is 7.99. The molecule has 3 aromatic rings. The smallest absolute Gasteiger partial charge is 0.0390 e. The quantitative estimate of drug-likeness (QED) is 0.689. The van der Waals surface area contributed by atoms with Crippen LogP contribution >= 0.6 is 11.8 Å². The summed E-state index contributed by atoms with van der Waals surface area (Å²) in [4.78, 5) is 1.27. The molecule has 1 atom stereocenters. The Balaban J connectivity index is 1.69. The monoisotopic (exact) mass is 293 g/mol. The SMILES string of the molecule is Cc1ccc(C(N)CSc2ccc3ccccc3c2)cc1. The number of thioether (sulfide) groups is 1. The van der Waals surface area contributed by atoms with Crippen LogP contribution in [0.25, 0.3) is 10.8 Å². The molecule has 0 aliphatic rings. The van der Waals surface area contributed by atoms with Gasteiger partial charge in [0.05, 0.1) is 0 Å². The van der Waals surface area contributed by atoms with Crippen LogP contribution in [0.5, 0.6) is 0 Å². The van der Waals surface area contributed by atoms with Crippen molar-refractivity contribution in [2.75, 3.05) is 5.75 Å². The van der Waals surface area contributed by atoms with E-state index in [9.17, 15) is 0 Å². The molecule has 0 heterocycles. The van der Waals surface area contributed by atoms with Crippen molar-refractivity contribution in [3.05, 3.63) is 77.9 Å². The van der Waals surface area contributed by atoms with Crippen molar-refractivity contribution < 1.29 is 0 Å². The first-order valence-electron chi connectivity index (χ1n) is 7.16. The lowest BCUT2D eigenvalue weighted by atomic mass is 10.1. The number of hydrogen-bond donors (Lipinski definition) is 1. The Morgan fingerprint density at radius 3 is 2.38 bits per heavy atom. The topological polar surface area (TPSA) is 26.0 Å². The van der Waals surface area contributed by atoms with Crippen LogP contribution < -0.4 is 5.73 Å². The molecule has 0 saturated heterocycles. The lowest BCUT2D eigenvalue weighted by Gasteiger charge is -2.12. The van der Waals surface area contributed by atoms with Crippen molar-refractivity contribution in [2.45, 2.75) is 17.9 Å². The van der Waals surface area contributed by atoms with Crippen LogP contribution in [0.2, 0.25) is 0 Å². The molecule has 106 valence electrons. The molecule has 0 fully saturated rings. The molecular formula is C19H19NS. The summed E-state index contributed by atoms with van der Waals surface area (Å²) >= 11 is 1.82. The van der Waals surface area contributed by atoms with Gasteiger partial charge in [0.25, 0.3) is 0 Å². The molecule has 1 unspecified atom stereocenters. The first-order valence-corrected chi connectivity index (χ1v) is 8.15. The summed E-state index contributed by atoms with van der Waals surface area (Å²) < 4.78 is 0. The molecule has 0 bridgehead atoms. The van der Waals surface area contributed by atoms with Gasteiger partial charge >= 0.3 is 0 Å². The normalized spacial score (nSPS) is 12.5. The van der Waals surface area contributed by atoms with E-state index in [1.54, 1.807) is 0 Å². The highest BCUT2D eigenvalue weighted by atomic mass is 32.2. The van der Waals surface area contributed by atoms with Gasteiger partial charge in [0.2, 0.25) is 0 Å². The Bertz CT molecular complexity index is 734. The Morgan fingerprint density at radius 1 is 0.905 bits per heavy atom. The molecular weight excluding hydrogens is 274 g/mol. The van der Waals surface area contributed by atoms with Crippen LogP contribution in [0.15, 0.2) is 71.6 Å². The van der Waals surface area contributed by atoms with Gasteiger partial charge in [0.15, 0.2) is 0 Å². The van der Waals surface area contributed by atoms with E-state index in [0.717, 1.165) is 5.75 Å². The third kappa shape index (κ3) is 3.46. The molecule has 0 radical (unpaired) electrons. The van der Waals surface area contributed by atoms with Crippen LogP contribution in [-0.2, 0) is 0 Å². The van der Waals surface area contributed by atoms with E-state index >= 15 is 0 Å². The Morgan fingerprint density at radius 2 is 1.62 bits per heavy atom. The van der Waals surface area contributed by atoms with Crippen molar-refractivity contribution in [1.82, 2.24) is 0 Å². The fourth-order valence-electron chi connectivity index (χ4n) is 2.35. The summed E-state index contributed by atoms with van der Waals surface area (Å²) in [6.45, 7) is 2.10. The molecule has 0 saturated carbocycles. The van der Waals surface area contributed by atoms with E-state index in [0.29, 0.717) is 0 Å². The van der Waals surface area contributed by atoms with Gasteiger partial charge < -0.3 is 5.73 Å². The summed E-state index contributed by atoms with van der Waals surface area (Å²) in [6, 6.07) is 23.6. The van der Waals surface area contributed by atoms with Crippen molar-refractivity contribution >= 4 is 22.5 Å². The van der Waals surface area contributed by atoms with E-state index in [2.05, 4.69) is 73.7 Å². The van der Waals surface area contributed by atoms with E-state index in [1.165, 1.54) is 26.8 Å². The summed E-state index contributed by atoms with van der Waals surface area (Å²) in [6.07, 6.45) is 0.